The molecule has 0 bridgehead atoms. The van der Waals surface area contributed by atoms with Crippen molar-refractivity contribution in [3.05, 3.63) is 17.5 Å². The van der Waals surface area contributed by atoms with E-state index in [2.05, 4.69) is 15.6 Å². The minimum absolute atomic E-state index is 0.379. The minimum atomic E-state index is -4.54. The Morgan fingerprint density at radius 3 is 2.67 bits per heavy atom. The quantitative estimate of drug-likeness (QED) is 0.234. The van der Waals surface area contributed by atoms with Gasteiger partial charge in [0.05, 0.1) is 5.69 Å². The van der Waals surface area contributed by atoms with Crippen molar-refractivity contribution in [2.45, 2.75) is 33.0 Å². The maximum absolute atomic E-state index is 12.7. The summed E-state index contributed by atoms with van der Waals surface area (Å²) in [7, 11) is 0. The second-order valence-electron chi connectivity index (χ2n) is 4.83. The Hall–Kier alpha value is -1.77. The molecule has 0 amide bonds. The first-order chi connectivity index (χ1) is 9.75. The fourth-order valence-electron chi connectivity index (χ4n) is 1.96. The van der Waals surface area contributed by atoms with Crippen molar-refractivity contribution in [3.8, 4) is 0 Å². The van der Waals surface area contributed by atoms with Crippen LogP contribution in [-0.2, 0) is 6.54 Å². The van der Waals surface area contributed by atoms with E-state index in [1.807, 2.05) is 24.6 Å². The maximum Gasteiger partial charge on any atom is 0.400 e. The van der Waals surface area contributed by atoms with Crippen LogP contribution in [0.15, 0.2) is 11.2 Å². The van der Waals surface area contributed by atoms with Gasteiger partial charge in [0.15, 0.2) is 5.84 Å². The molecule has 21 heavy (non-hydrogen) atoms. The number of hydrogen-bond donors (Lipinski definition) is 3. The smallest absolute Gasteiger partial charge is 0.400 e. The molecular weight excluding hydrogens is 287 g/mol. The predicted octanol–water partition coefficient (Wildman–Crippen LogP) is 1.40. The fourth-order valence-corrected chi connectivity index (χ4v) is 1.96. The molecule has 9 heteroatoms. The van der Waals surface area contributed by atoms with Crippen LogP contribution in [0, 0.1) is 19.8 Å². The van der Waals surface area contributed by atoms with Crippen LogP contribution < -0.4 is 11.1 Å². The highest BCUT2D eigenvalue weighted by Crippen LogP contribution is 2.25. The van der Waals surface area contributed by atoms with Crippen molar-refractivity contribution in [1.29, 1.82) is 0 Å². The molecule has 1 atom stereocenters. The molecule has 1 unspecified atom stereocenters. The highest BCUT2D eigenvalue weighted by atomic mass is 19.4. The second-order valence-corrected chi connectivity index (χ2v) is 4.83. The zero-order valence-corrected chi connectivity index (χ0v) is 12.0. The normalized spacial score (nSPS) is 14.4. The standard InChI is InChI=1S/C12H20F3N5O/c1-8-6-9(2)20(18-8)5-3-4-17-7-10(11(16)19-21)12(13,14)15/h6,10,17,21H,3-5,7H2,1-2H3,(H2,16,19). The van der Waals surface area contributed by atoms with E-state index >= 15 is 0 Å². The van der Waals surface area contributed by atoms with Crippen molar-refractivity contribution in [1.82, 2.24) is 15.1 Å². The summed E-state index contributed by atoms with van der Waals surface area (Å²) in [4.78, 5) is 0. The Labute approximate surface area is 120 Å². The summed E-state index contributed by atoms with van der Waals surface area (Å²) in [6, 6.07) is 1.94. The fraction of sp³-hybridized carbons (Fsp3) is 0.667. The molecule has 1 aromatic rings. The number of aromatic nitrogens is 2. The number of nitrogens with zero attached hydrogens (tertiary/aromatic N) is 3. The first-order valence-corrected chi connectivity index (χ1v) is 6.51. The third-order valence-corrected chi connectivity index (χ3v) is 3.04. The van der Waals surface area contributed by atoms with E-state index in [1.165, 1.54) is 0 Å². The molecule has 0 aliphatic rings. The van der Waals surface area contributed by atoms with E-state index in [0.717, 1.165) is 11.4 Å². The lowest BCUT2D eigenvalue weighted by Crippen LogP contribution is -2.43. The number of aryl methyl sites for hydroxylation is 3. The Morgan fingerprint density at radius 1 is 1.52 bits per heavy atom. The predicted molar refractivity (Wildman–Crippen MR) is 72.1 cm³/mol. The summed E-state index contributed by atoms with van der Waals surface area (Å²) in [6.07, 6.45) is -3.91. The minimum Gasteiger partial charge on any atom is -0.409 e. The summed E-state index contributed by atoms with van der Waals surface area (Å²) < 4.78 is 39.8. The van der Waals surface area contributed by atoms with Crippen molar-refractivity contribution in [3.63, 3.8) is 0 Å². The molecule has 0 fully saturated rings. The Balaban J connectivity index is 2.37. The molecule has 0 saturated heterocycles. The van der Waals surface area contributed by atoms with E-state index in [4.69, 9.17) is 10.9 Å². The van der Waals surface area contributed by atoms with Crippen molar-refractivity contribution >= 4 is 5.84 Å². The number of nitrogens with two attached hydrogens (primary N) is 1. The van der Waals surface area contributed by atoms with Gasteiger partial charge in [-0.05, 0) is 32.9 Å². The van der Waals surface area contributed by atoms with Crippen molar-refractivity contribution in [2.75, 3.05) is 13.1 Å². The molecule has 1 rings (SSSR count). The third-order valence-electron chi connectivity index (χ3n) is 3.04. The third kappa shape index (κ3) is 5.25. The number of nitrogens with one attached hydrogen (secondary N) is 1. The zero-order valence-electron chi connectivity index (χ0n) is 12.0. The molecule has 0 radical (unpaired) electrons. The summed E-state index contributed by atoms with van der Waals surface area (Å²) in [5.41, 5.74) is 6.98. The van der Waals surface area contributed by atoms with E-state index < -0.39 is 24.5 Å². The first kappa shape index (κ1) is 17.3. The van der Waals surface area contributed by atoms with Gasteiger partial charge in [-0.15, -0.1) is 0 Å². The van der Waals surface area contributed by atoms with Crippen LogP contribution in [0.25, 0.3) is 0 Å². The Bertz CT molecular complexity index is 484. The van der Waals surface area contributed by atoms with E-state index in [-0.39, 0.29) is 0 Å². The van der Waals surface area contributed by atoms with Gasteiger partial charge in [-0.3, -0.25) is 4.68 Å². The Kier molecular flexibility index (Phi) is 6.01. The molecule has 0 saturated carbocycles. The van der Waals surface area contributed by atoms with Crippen molar-refractivity contribution < 1.29 is 18.4 Å². The lowest BCUT2D eigenvalue weighted by molar-refractivity contribution is -0.154. The van der Waals surface area contributed by atoms with Crippen LogP contribution in [0.4, 0.5) is 13.2 Å². The number of oxime groups is 1. The van der Waals surface area contributed by atoms with E-state index in [0.29, 0.717) is 19.5 Å². The number of amidine groups is 1. The van der Waals surface area contributed by atoms with Crippen LogP contribution in [0.1, 0.15) is 17.8 Å². The second kappa shape index (κ2) is 7.30. The Morgan fingerprint density at radius 2 is 2.19 bits per heavy atom. The average Bonchev–Trinajstić information content (AvgIpc) is 2.69. The van der Waals surface area contributed by atoms with Crippen LogP contribution in [0.2, 0.25) is 0 Å². The van der Waals surface area contributed by atoms with E-state index in [9.17, 15) is 13.2 Å². The van der Waals surface area contributed by atoms with Gasteiger partial charge in [0.25, 0.3) is 0 Å². The first-order valence-electron chi connectivity index (χ1n) is 6.51. The van der Waals surface area contributed by atoms with Crippen LogP contribution in [0.3, 0.4) is 0 Å². The number of rotatable bonds is 7. The number of hydrogen-bond acceptors (Lipinski definition) is 4. The van der Waals surface area contributed by atoms with Crippen LogP contribution in [0.5, 0.6) is 0 Å². The van der Waals surface area contributed by atoms with Crippen molar-refractivity contribution in [2.24, 2.45) is 16.8 Å². The van der Waals surface area contributed by atoms with Gasteiger partial charge in [0.1, 0.15) is 5.92 Å². The van der Waals surface area contributed by atoms with Gasteiger partial charge < -0.3 is 16.3 Å². The maximum atomic E-state index is 12.7. The molecule has 0 aliphatic carbocycles. The highest BCUT2D eigenvalue weighted by Gasteiger charge is 2.42. The molecule has 0 spiro atoms. The van der Waals surface area contributed by atoms with Gasteiger partial charge in [-0.2, -0.15) is 18.3 Å². The molecule has 0 aromatic carbocycles. The molecule has 120 valence electrons. The molecule has 6 nitrogen and oxygen atoms in total. The largest absolute Gasteiger partial charge is 0.409 e. The van der Waals surface area contributed by atoms with Gasteiger partial charge in [-0.1, -0.05) is 5.16 Å². The van der Waals surface area contributed by atoms with Crippen LogP contribution in [-0.4, -0.2) is 40.1 Å². The average molecular weight is 307 g/mol. The summed E-state index contributed by atoms with van der Waals surface area (Å²) in [5, 5.41) is 17.7. The monoisotopic (exact) mass is 307 g/mol. The lowest BCUT2D eigenvalue weighted by Gasteiger charge is -2.19. The molecular formula is C12H20F3N5O. The molecule has 1 aromatic heterocycles. The molecule has 4 N–H and O–H groups in total. The van der Waals surface area contributed by atoms with Gasteiger partial charge in [0.2, 0.25) is 0 Å². The van der Waals surface area contributed by atoms with Gasteiger partial charge >= 0.3 is 6.18 Å². The number of alkyl halides is 3. The number of halogens is 3. The molecule has 1 heterocycles. The molecule has 0 aliphatic heterocycles. The summed E-state index contributed by atoms with van der Waals surface area (Å²) >= 11 is 0. The van der Waals surface area contributed by atoms with Gasteiger partial charge in [0, 0.05) is 18.8 Å². The van der Waals surface area contributed by atoms with Gasteiger partial charge in [-0.25, -0.2) is 0 Å². The van der Waals surface area contributed by atoms with Crippen LogP contribution >= 0.6 is 0 Å². The van der Waals surface area contributed by atoms with E-state index in [1.54, 1.807) is 0 Å². The topological polar surface area (TPSA) is 88.5 Å². The lowest BCUT2D eigenvalue weighted by atomic mass is 10.1. The summed E-state index contributed by atoms with van der Waals surface area (Å²) in [6.45, 7) is 4.38. The highest BCUT2D eigenvalue weighted by molar-refractivity contribution is 5.83. The summed E-state index contributed by atoms with van der Waals surface area (Å²) in [5.74, 6) is -2.83. The SMILES string of the molecule is Cc1cc(C)n(CCCNCC(/C(N)=N/O)C(F)(F)F)n1. The zero-order chi connectivity index (χ0) is 16.0.